The minimum Gasteiger partial charge on any atom is -0.377 e. The Morgan fingerprint density at radius 3 is 2.39 bits per heavy atom. The third-order valence-electron chi connectivity index (χ3n) is 6.22. The average molecular weight is 526 g/mol. The molecular formula is C24H26F3N3O5S. The van der Waals surface area contributed by atoms with E-state index in [2.05, 4.69) is 5.32 Å². The van der Waals surface area contributed by atoms with E-state index < -0.39 is 39.6 Å². The maximum Gasteiger partial charge on any atom is 0.416 e. The number of hydrogen-bond donors (Lipinski definition) is 1. The van der Waals surface area contributed by atoms with Gasteiger partial charge in [0.15, 0.2) is 0 Å². The number of rotatable bonds is 6. The zero-order valence-electron chi connectivity index (χ0n) is 19.3. The monoisotopic (exact) mass is 525 g/mol. The Hall–Kier alpha value is -2.96. The summed E-state index contributed by atoms with van der Waals surface area (Å²) >= 11 is 0. The highest BCUT2D eigenvalue weighted by Gasteiger charge is 2.35. The van der Waals surface area contributed by atoms with Crippen molar-refractivity contribution >= 4 is 21.8 Å². The largest absolute Gasteiger partial charge is 0.416 e. The van der Waals surface area contributed by atoms with E-state index in [4.69, 9.17) is 4.74 Å². The van der Waals surface area contributed by atoms with Crippen LogP contribution in [0.2, 0.25) is 0 Å². The summed E-state index contributed by atoms with van der Waals surface area (Å²) in [6.45, 7) is 1.12. The van der Waals surface area contributed by atoms with E-state index in [-0.39, 0.29) is 36.8 Å². The number of halogens is 3. The van der Waals surface area contributed by atoms with Gasteiger partial charge in [0.1, 0.15) is 6.04 Å². The number of benzene rings is 2. The van der Waals surface area contributed by atoms with Gasteiger partial charge < -0.3 is 15.0 Å². The van der Waals surface area contributed by atoms with Crippen molar-refractivity contribution in [1.82, 2.24) is 14.5 Å². The van der Waals surface area contributed by atoms with Crippen LogP contribution in [0.5, 0.6) is 0 Å². The standard InChI is InChI=1S/C24H26F3N3O5S/c25-24(26,27)19-8-6-17(7-9-19)15-28-22(31)21-16-35-13-12-30(21)23(32)18-4-3-5-20(14-18)36(33,34)29-10-1-2-11-29/h3-9,14,21H,1-2,10-13,15-16H2,(H,28,31)/t21-/m1/s1. The lowest BCUT2D eigenvalue weighted by Gasteiger charge is -2.34. The molecule has 36 heavy (non-hydrogen) atoms. The van der Waals surface area contributed by atoms with Gasteiger partial charge in [-0.15, -0.1) is 0 Å². The molecule has 2 aliphatic rings. The van der Waals surface area contributed by atoms with Crippen molar-refractivity contribution < 1.29 is 35.9 Å². The van der Waals surface area contributed by atoms with Crippen LogP contribution in [-0.4, -0.2) is 68.3 Å². The van der Waals surface area contributed by atoms with Crippen LogP contribution in [0.15, 0.2) is 53.4 Å². The van der Waals surface area contributed by atoms with E-state index in [1.165, 1.54) is 45.6 Å². The zero-order chi connectivity index (χ0) is 25.9. The number of amides is 2. The molecule has 0 unspecified atom stereocenters. The van der Waals surface area contributed by atoms with Crippen LogP contribution in [0, 0.1) is 0 Å². The number of nitrogens with zero attached hydrogens (tertiary/aromatic N) is 2. The highest BCUT2D eigenvalue weighted by atomic mass is 32.2. The Bertz CT molecular complexity index is 1210. The molecule has 1 atom stereocenters. The number of morpholine rings is 1. The maximum atomic E-state index is 13.3. The van der Waals surface area contributed by atoms with E-state index in [9.17, 15) is 31.2 Å². The molecule has 2 aliphatic heterocycles. The summed E-state index contributed by atoms with van der Waals surface area (Å²) in [6, 6.07) is 9.20. The number of carbonyl (C=O) groups excluding carboxylic acids is 2. The van der Waals surface area contributed by atoms with E-state index in [0.29, 0.717) is 18.7 Å². The second-order valence-electron chi connectivity index (χ2n) is 8.64. The predicted molar refractivity (Wildman–Crippen MR) is 123 cm³/mol. The van der Waals surface area contributed by atoms with Crippen molar-refractivity contribution in [3.8, 4) is 0 Å². The van der Waals surface area contributed by atoms with Crippen LogP contribution < -0.4 is 5.32 Å². The van der Waals surface area contributed by atoms with Gasteiger partial charge in [0.2, 0.25) is 15.9 Å². The van der Waals surface area contributed by atoms with Gasteiger partial charge in [-0.25, -0.2) is 8.42 Å². The summed E-state index contributed by atoms with van der Waals surface area (Å²) in [6.07, 6.45) is -2.88. The molecule has 2 saturated heterocycles. The summed E-state index contributed by atoms with van der Waals surface area (Å²) in [5.41, 5.74) is -0.188. The van der Waals surface area contributed by atoms with Crippen LogP contribution in [0.4, 0.5) is 13.2 Å². The minimum absolute atomic E-state index is 0.0202. The molecule has 0 bridgehead atoms. The SMILES string of the molecule is O=C(NCc1ccc(C(F)(F)F)cc1)[C@H]1COCCN1C(=O)c1cccc(S(=O)(=O)N2CCCC2)c1. The van der Waals surface area contributed by atoms with E-state index in [1.807, 2.05) is 0 Å². The molecule has 2 aromatic carbocycles. The molecule has 12 heteroatoms. The fourth-order valence-electron chi connectivity index (χ4n) is 4.22. The number of alkyl halides is 3. The van der Waals surface area contributed by atoms with Crippen molar-refractivity contribution in [1.29, 1.82) is 0 Å². The number of carbonyl (C=O) groups is 2. The average Bonchev–Trinajstić information content (AvgIpc) is 3.43. The fourth-order valence-corrected chi connectivity index (χ4v) is 5.78. The summed E-state index contributed by atoms with van der Waals surface area (Å²) in [5.74, 6) is -1.03. The second kappa shape index (κ2) is 10.6. The summed E-state index contributed by atoms with van der Waals surface area (Å²) < 4.78 is 70.8. The lowest BCUT2D eigenvalue weighted by atomic mass is 10.1. The minimum atomic E-state index is -4.45. The van der Waals surface area contributed by atoms with Crippen molar-refractivity contribution in [3.05, 3.63) is 65.2 Å². The first kappa shape index (κ1) is 26.1. The lowest BCUT2D eigenvalue weighted by Crippen LogP contribution is -2.55. The van der Waals surface area contributed by atoms with Crippen LogP contribution in [0.25, 0.3) is 0 Å². The van der Waals surface area contributed by atoms with Crippen molar-refractivity contribution in [2.45, 2.75) is 36.5 Å². The van der Waals surface area contributed by atoms with Crippen LogP contribution in [0.1, 0.15) is 34.3 Å². The molecule has 8 nitrogen and oxygen atoms in total. The number of sulfonamides is 1. The van der Waals surface area contributed by atoms with Crippen molar-refractivity contribution in [3.63, 3.8) is 0 Å². The number of ether oxygens (including phenoxy) is 1. The van der Waals surface area contributed by atoms with Crippen LogP contribution in [-0.2, 0) is 32.3 Å². The van der Waals surface area contributed by atoms with E-state index >= 15 is 0 Å². The molecule has 1 N–H and O–H groups in total. The normalized spacial score (nSPS) is 19.3. The van der Waals surface area contributed by atoms with Gasteiger partial charge in [0, 0.05) is 31.7 Å². The van der Waals surface area contributed by atoms with Crippen LogP contribution in [0.3, 0.4) is 0 Å². The smallest absolute Gasteiger partial charge is 0.377 e. The molecule has 2 fully saturated rings. The maximum absolute atomic E-state index is 13.3. The molecule has 2 heterocycles. The summed E-state index contributed by atoms with van der Waals surface area (Å²) in [4.78, 5) is 27.5. The quantitative estimate of drug-likeness (QED) is 0.626. The van der Waals surface area contributed by atoms with Gasteiger partial charge in [0.25, 0.3) is 5.91 Å². The lowest BCUT2D eigenvalue weighted by molar-refractivity contribution is -0.137. The Balaban J connectivity index is 1.45. The molecule has 0 radical (unpaired) electrons. The molecule has 0 spiro atoms. The van der Waals surface area contributed by atoms with E-state index in [0.717, 1.165) is 25.0 Å². The summed E-state index contributed by atoms with van der Waals surface area (Å²) in [5, 5.41) is 2.64. The number of hydrogen-bond acceptors (Lipinski definition) is 5. The summed E-state index contributed by atoms with van der Waals surface area (Å²) in [7, 11) is -3.72. The second-order valence-corrected chi connectivity index (χ2v) is 10.6. The highest BCUT2D eigenvalue weighted by molar-refractivity contribution is 7.89. The van der Waals surface area contributed by atoms with Gasteiger partial charge in [-0.3, -0.25) is 9.59 Å². The van der Waals surface area contributed by atoms with E-state index in [1.54, 1.807) is 0 Å². The predicted octanol–water partition coefficient (Wildman–Crippen LogP) is 2.65. The molecule has 2 aromatic rings. The van der Waals surface area contributed by atoms with Gasteiger partial charge in [-0.05, 0) is 48.7 Å². The van der Waals surface area contributed by atoms with Gasteiger partial charge >= 0.3 is 6.18 Å². The first-order chi connectivity index (χ1) is 17.1. The molecular weight excluding hydrogens is 499 g/mol. The number of nitrogens with one attached hydrogen (secondary N) is 1. The molecule has 0 saturated carbocycles. The first-order valence-electron chi connectivity index (χ1n) is 11.5. The van der Waals surface area contributed by atoms with Gasteiger partial charge in [0.05, 0.1) is 23.7 Å². The molecule has 0 aromatic heterocycles. The Morgan fingerprint density at radius 1 is 1.03 bits per heavy atom. The first-order valence-corrected chi connectivity index (χ1v) is 12.9. The Labute approximate surface area is 207 Å². The Morgan fingerprint density at radius 2 is 1.72 bits per heavy atom. The molecule has 194 valence electrons. The van der Waals surface area contributed by atoms with Gasteiger partial charge in [-0.1, -0.05) is 18.2 Å². The topological polar surface area (TPSA) is 96.0 Å². The van der Waals surface area contributed by atoms with Gasteiger partial charge in [-0.2, -0.15) is 17.5 Å². The molecule has 0 aliphatic carbocycles. The van der Waals surface area contributed by atoms with Crippen LogP contribution >= 0.6 is 0 Å². The highest BCUT2D eigenvalue weighted by Crippen LogP contribution is 2.29. The van der Waals surface area contributed by atoms with Crippen molar-refractivity contribution in [2.75, 3.05) is 32.8 Å². The van der Waals surface area contributed by atoms with Crippen molar-refractivity contribution in [2.24, 2.45) is 0 Å². The third kappa shape index (κ3) is 5.71. The third-order valence-corrected chi connectivity index (χ3v) is 8.12. The molecule has 4 rings (SSSR count). The fraction of sp³-hybridized carbons (Fsp3) is 0.417. The Kier molecular flexibility index (Phi) is 7.67. The molecule has 2 amide bonds. The zero-order valence-corrected chi connectivity index (χ0v) is 20.1.